The predicted molar refractivity (Wildman–Crippen MR) is 248 cm³/mol. The van der Waals surface area contributed by atoms with Crippen molar-refractivity contribution in [1.82, 2.24) is 5.32 Å². The monoisotopic (exact) mass is 860 g/mol. The highest BCUT2D eigenvalue weighted by Gasteiger charge is 2.23. The van der Waals surface area contributed by atoms with E-state index in [1.807, 2.05) is 0 Å². The summed E-state index contributed by atoms with van der Waals surface area (Å²) in [5, 5.41) is 12.7. The first-order valence-corrected chi connectivity index (χ1v) is 27.0. The van der Waals surface area contributed by atoms with Gasteiger partial charge in [-0.1, -0.05) is 245 Å². The van der Waals surface area contributed by atoms with Crippen LogP contribution >= 0.6 is 7.82 Å². The van der Waals surface area contributed by atoms with E-state index in [1.165, 1.54) is 205 Å². The fraction of sp³-hybridized carbons (Fsp3) is 0.959. The smallest absolute Gasteiger partial charge is 0.463 e. The van der Waals surface area contributed by atoms with Gasteiger partial charge in [-0.15, -0.1) is 0 Å². The Morgan fingerprint density at radius 2 is 0.763 bits per heavy atom. The zero-order chi connectivity index (χ0) is 43.2. The van der Waals surface area contributed by atoms with Crippen LogP contribution in [-0.4, -0.2) is 54.3 Å². The molecule has 0 aromatic heterocycles. The maximum atomic E-state index is 12.1. The van der Waals surface area contributed by atoms with Crippen LogP contribution in [0.5, 0.6) is 0 Å². The number of esters is 1. The van der Waals surface area contributed by atoms with Gasteiger partial charge < -0.3 is 20.1 Å². The van der Waals surface area contributed by atoms with Gasteiger partial charge in [-0.3, -0.25) is 18.6 Å². The molecule has 0 aromatic rings. The van der Waals surface area contributed by atoms with E-state index in [-0.39, 0.29) is 25.7 Å². The summed E-state index contributed by atoms with van der Waals surface area (Å²) in [6.07, 6.45) is 49.0. The summed E-state index contributed by atoms with van der Waals surface area (Å²) in [6, 6.07) is 0. The standard InChI is InChI=1S/C49H98NO8P/c1-3-5-7-9-11-13-15-17-19-21-22-23-24-25-26-27-29-31-33-35-37-39-41-48(52)50-43-44-57-59(54,55)58-46-47(51)45-56-49(53)42-40-38-36-34-32-30-28-20-18-16-14-12-10-8-6-4-2/h47,51H,3-46H2,1-2H3,(H,50,52)(H,54,55). The van der Waals surface area contributed by atoms with Gasteiger partial charge in [0.2, 0.25) is 5.91 Å². The third kappa shape index (κ3) is 47.9. The molecule has 0 aliphatic heterocycles. The number of phosphoric ester groups is 1. The highest BCUT2D eigenvalue weighted by Crippen LogP contribution is 2.42. The molecule has 2 unspecified atom stereocenters. The number of ether oxygens (including phenoxy) is 1. The van der Waals surface area contributed by atoms with E-state index in [9.17, 15) is 24.2 Å². The maximum absolute atomic E-state index is 12.1. The molecule has 1 amide bonds. The molecule has 3 N–H and O–H groups in total. The Labute approximate surface area is 365 Å². The van der Waals surface area contributed by atoms with Crippen molar-refractivity contribution in [3.05, 3.63) is 0 Å². The van der Waals surface area contributed by atoms with Crippen molar-refractivity contribution in [2.24, 2.45) is 0 Å². The summed E-state index contributed by atoms with van der Waals surface area (Å²) in [5.41, 5.74) is 0. The van der Waals surface area contributed by atoms with E-state index in [1.54, 1.807) is 0 Å². The van der Waals surface area contributed by atoms with Gasteiger partial charge in [0, 0.05) is 19.4 Å². The van der Waals surface area contributed by atoms with Gasteiger partial charge in [0.15, 0.2) is 0 Å². The molecule has 0 bridgehead atoms. The van der Waals surface area contributed by atoms with E-state index in [0.717, 1.165) is 38.5 Å². The first kappa shape index (κ1) is 58.0. The molecular weight excluding hydrogens is 762 g/mol. The molecule has 0 saturated heterocycles. The van der Waals surface area contributed by atoms with E-state index < -0.39 is 26.5 Å². The highest BCUT2D eigenvalue weighted by atomic mass is 31.2. The summed E-state index contributed by atoms with van der Waals surface area (Å²) >= 11 is 0. The van der Waals surface area contributed by atoms with E-state index in [4.69, 9.17) is 13.8 Å². The van der Waals surface area contributed by atoms with E-state index in [0.29, 0.717) is 12.8 Å². The molecule has 0 radical (unpaired) electrons. The lowest BCUT2D eigenvalue weighted by Gasteiger charge is -2.15. The van der Waals surface area contributed by atoms with Crippen molar-refractivity contribution < 1.29 is 37.9 Å². The second kappa shape index (κ2) is 46.5. The van der Waals surface area contributed by atoms with Crippen molar-refractivity contribution in [2.45, 2.75) is 277 Å². The third-order valence-electron chi connectivity index (χ3n) is 11.5. The van der Waals surface area contributed by atoms with Gasteiger partial charge in [-0.05, 0) is 12.8 Å². The van der Waals surface area contributed by atoms with Gasteiger partial charge in [0.25, 0.3) is 0 Å². The van der Waals surface area contributed by atoms with Crippen molar-refractivity contribution in [3.8, 4) is 0 Å². The van der Waals surface area contributed by atoms with Gasteiger partial charge in [0.1, 0.15) is 12.7 Å². The lowest BCUT2D eigenvalue weighted by atomic mass is 10.0. The van der Waals surface area contributed by atoms with Gasteiger partial charge in [0.05, 0.1) is 13.2 Å². The lowest BCUT2D eigenvalue weighted by Crippen LogP contribution is -2.27. The SMILES string of the molecule is CCCCCCCCCCCCCCCCCCCCCCCCC(=O)NCCOP(=O)(O)OCC(O)COC(=O)CCCCCCCCCCCCCCCCCC. The molecule has 0 spiro atoms. The molecular formula is C49H98NO8P. The number of hydrogen-bond acceptors (Lipinski definition) is 7. The Morgan fingerprint density at radius 1 is 0.458 bits per heavy atom. The van der Waals surface area contributed by atoms with E-state index >= 15 is 0 Å². The molecule has 0 aliphatic rings. The second-order valence-corrected chi connectivity index (χ2v) is 19.0. The first-order valence-electron chi connectivity index (χ1n) is 25.5. The normalized spacial score (nSPS) is 13.1. The van der Waals surface area contributed by atoms with Crippen LogP contribution in [0.2, 0.25) is 0 Å². The van der Waals surface area contributed by atoms with Crippen molar-refractivity contribution >= 4 is 19.7 Å². The average molecular weight is 860 g/mol. The number of unbranched alkanes of at least 4 members (excludes halogenated alkanes) is 36. The zero-order valence-corrected chi connectivity index (χ0v) is 39.9. The minimum atomic E-state index is -4.41. The minimum Gasteiger partial charge on any atom is -0.463 e. The molecule has 2 atom stereocenters. The van der Waals surface area contributed by atoms with Crippen LogP contribution in [0.25, 0.3) is 0 Å². The van der Waals surface area contributed by atoms with Crippen LogP contribution in [0, 0.1) is 0 Å². The Hall–Kier alpha value is -0.990. The Bertz CT molecular complexity index is 938. The number of aliphatic hydroxyl groups excluding tert-OH is 1. The molecule has 0 fully saturated rings. The maximum Gasteiger partial charge on any atom is 0.472 e. The Morgan fingerprint density at radius 3 is 1.10 bits per heavy atom. The third-order valence-corrected chi connectivity index (χ3v) is 12.5. The molecule has 0 saturated carbocycles. The number of amides is 1. The molecule has 0 aromatic carbocycles. The molecule has 0 rings (SSSR count). The molecule has 59 heavy (non-hydrogen) atoms. The summed E-state index contributed by atoms with van der Waals surface area (Å²) < 4.78 is 27.0. The fourth-order valence-electron chi connectivity index (χ4n) is 7.68. The lowest BCUT2D eigenvalue weighted by molar-refractivity contribution is -0.147. The van der Waals surface area contributed by atoms with Gasteiger partial charge in [-0.2, -0.15) is 0 Å². The van der Waals surface area contributed by atoms with Crippen molar-refractivity contribution in [3.63, 3.8) is 0 Å². The van der Waals surface area contributed by atoms with Crippen LogP contribution in [0.15, 0.2) is 0 Å². The molecule has 0 aliphatic carbocycles. The number of carbonyl (C=O) groups is 2. The molecule has 9 nitrogen and oxygen atoms in total. The van der Waals surface area contributed by atoms with Crippen LogP contribution < -0.4 is 5.32 Å². The van der Waals surface area contributed by atoms with Crippen molar-refractivity contribution in [1.29, 1.82) is 0 Å². The summed E-state index contributed by atoms with van der Waals surface area (Å²) in [7, 11) is -4.41. The highest BCUT2D eigenvalue weighted by molar-refractivity contribution is 7.47. The number of carbonyl (C=O) groups excluding carboxylic acids is 2. The summed E-state index contributed by atoms with van der Waals surface area (Å²) in [5.74, 6) is -0.499. The van der Waals surface area contributed by atoms with Gasteiger partial charge >= 0.3 is 13.8 Å². The van der Waals surface area contributed by atoms with Crippen LogP contribution in [-0.2, 0) is 27.9 Å². The first-order chi connectivity index (χ1) is 28.8. The number of phosphoric acid groups is 1. The van der Waals surface area contributed by atoms with Crippen LogP contribution in [0.1, 0.15) is 271 Å². The summed E-state index contributed by atoms with van der Waals surface area (Å²) in [4.78, 5) is 34.0. The quantitative estimate of drug-likeness (QED) is 0.0313. The van der Waals surface area contributed by atoms with Gasteiger partial charge in [-0.25, -0.2) is 4.57 Å². The number of aliphatic hydroxyl groups is 1. The number of nitrogens with one attached hydrogen (secondary N) is 1. The molecule has 352 valence electrons. The number of rotatable bonds is 49. The fourth-order valence-corrected chi connectivity index (χ4v) is 8.44. The second-order valence-electron chi connectivity index (χ2n) is 17.5. The average Bonchev–Trinajstić information content (AvgIpc) is 3.22. The van der Waals surface area contributed by atoms with Crippen LogP contribution in [0.3, 0.4) is 0 Å². The Balaban J connectivity index is 3.49. The largest absolute Gasteiger partial charge is 0.472 e. The molecule has 10 heteroatoms. The predicted octanol–water partition coefficient (Wildman–Crippen LogP) is 14.8. The van der Waals surface area contributed by atoms with E-state index in [2.05, 4.69) is 19.2 Å². The summed E-state index contributed by atoms with van der Waals surface area (Å²) in [6.45, 7) is 3.62. The zero-order valence-electron chi connectivity index (χ0n) is 39.0. The molecule has 0 heterocycles. The Kier molecular flexibility index (Phi) is 45.7. The topological polar surface area (TPSA) is 131 Å². The van der Waals surface area contributed by atoms with Crippen LogP contribution in [0.4, 0.5) is 0 Å². The number of hydrogen-bond donors (Lipinski definition) is 3. The minimum absolute atomic E-state index is 0.0889. The van der Waals surface area contributed by atoms with Crippen molar-refractivity contribution in [2.75, 3.05) is 26.4 Å².